The summed E-state index contributed by atoms with van der Waals surface area (Å²) >= 11 is 0. The molecule has 1 heterocycles. The SMILES string of the molecule is COP(=O)(CCc1c(C(C)C)c2ccccc2n1-c1ccc(F)cc1)C[C@@H](O)CC(=O)O. The molecule has 0 fully saturated rings. The zero-order chi connectivity index (χ0) is 23.5. The molecule has 0 amide bonds. The van der Waals surface area contributed by atoms with Crippen LogP contribution in [0.25, 0.3) is 16.6 Å². The van der Waals surface area contributed by atoms with E-state index < -0.39 is 25.9 Å². The summed E-state index contributed by atoms with van der Waals surface area (Å²) in [6.45, 7) is 4.18. The Hall–Kier alpha value is -2.47. The summed E-state index contributed by atoms with van der Waals surface area (Å²) in [6.07, 6.45) is -1.41. The van der Waals surface area contributed by atoms with Crippen molar-refractivity contribution in [3.05, 3.63) is 65.6 Å². The lowest BCUT2D eigenvalue weighted by Gasteiger charge is -2.21. The van der Waals surface area contributed by atoms with Gasteiger partial charge in [-0.05, 0) is 48.2 Å². The third kappa shape index (κ3) is 5.29. The third-order valence-electron chi connectivity index (χ3n) is 5.60. The fourth-order valence-electron chi connectivity index (χ4n) is 4.21. The highest BCUT2D eigenvalue weighted by atomic mass is 31.2. The number of aromatic nitrogens is 1. The average Bonchev–Trinajstić information content (AvgIpc) is 3.06. The van der Waals surface area contributed by atoms with Crippen LogP contribution in [0, 0.1) is 5.82 Å². The van der Waals surface area contributed by atoms with Crippen LogP contribution in [-0.2, 0) is 20.3 Å². The first-order valence-corrected chi connectivity index (χ1v) is 12.6. The number of aliphatic hydroxyl groups is 1. The molecule has 172 valence electrons. The summed E-state index contributed by atoms with van der Waals surface area (Å²) < 4.78 is 34.2. The normalized spacial score (nSPS) is 14.6. The van der Waals surface area contributed by atoms with E-state index in [9.17, 15) is 18.9 Å². The highest BCUT2D eigenvalue weighted by Crippen LogP contribution is 2.48. The molecule has 0 bridgehead atoms. The van der Waals surface area contributed by atoms with Crippen molar-refractivity contribution in [2.75, 3.05) is 19.4 Å². The van der Waals surface area contributed by atoms with Gasteiger partial charge < -0.3 is 19.3 Å². The van der Waals surface area contributed by atoms with Crippen molar-refractivity contribution < 1.29 is 28.5 Å². The van der Waals surface area contributed by atoms with Gasteiger partial charge in [-0.1, -0.05) is 32.0 Å². The highest BCUT2D eigenvalue weighted by molar-refractivity contribution is 7.59. The van der Waals surface area contributed by atoms with Gasteiger partial charge in [0.2, 0.25) is 7.37 Å². The maximum Gasteiger partial charge on any atom is 0.305 e. The summed E-state index contributed by atoms with van der Waals surface area (Å²) in [6, 6.07) is 14.2. The van der Waals surface area contributed by atoms with Gasteiger partial charge in [-0.2, -0.15) is 0 Å². The van der Waals surface area contributed by atoms with Crippen LogP contribution in [0.2, 0.25) is 0 Å². The first kappa shape index (κ1) is 24.2. The van der Waals surface area contributed by atoms with E-state index in [0.29, 0.717) is 6.42 Å². The molecule has 0 spiro atoms. The van der Waals surface area contributed by atoms with Crippen LogP contribution in [0.4, 0.5) is 4.39 Å². The van der Waals surface area contributed by atoms with Crippen LogP contribution < -0.4 is 0 Å². The van der Waals surface area contributed by atoms with E-state index in [0.717, 1.165) is 27.8 Å². The number of carbonyl (C=O) groups is 1. The van der Waals surface area contributed by atoms with Crippen molar-refractivity contribution in [3.63, 3.8) is 0 Å². The van der Waals surface area contributed by atoms with Gasteiger partial charge in [0.25, 0.3) is 0 Å². The number of hydrogen-bond donors (Lipinski definition) is 2. The number of carboxylic acid groups (broad SMARTS) is 1. The van der Waals surface area contributed by atoms with E-state index in [2.05, 4.69) is 18.4 Å². The number of nitrogens with zero attached hydrogens (tertiary/aromatic N) is 1. The standard InChI is InChI=1S/C24H29FNO5P/c1-16(2)24-20-6-4-5-7-21(20)26(18-10-8-17(25)9-11-18)22(24)12-13-32(30,31-3)15-19(27)14-23(28)29/h4-11,16,19,27H,12-15H2,1-3H3,(H,28,29)/t19-,32?/m0/s1. The van der Waals surface area contributed by atoms with Gasteiger partial charge in [-0.15, -0.1) is 0 Å². The van der Waals surface area contributed by atoms with Crippen molar-refractivity contribution >= 4 is 24.2 Å². The molecule has 0 aliphatic heterocycles. The Morgan fingerprint density at radius 1 is 1.16 bits per heavy atom. The lowest BCUT2D eigenvalue weighted by Crippen LogP contribution is -2.19. The van der Waals surface area contributed by atoms with Crippen LogP contribution >= 0.6 is 7.37 Å². The Bertz CT molecular complexity index is 1140. The molecule has 3 rings (SSSR count). The van der Waals surface area contributed by atoms with Crippen LogP contribution in [0.3, 0.4) is 0 Å². The molecular formula is C24H29FNO5P. The lowest BCUT2D eigenvalue weighted by atomic mass is 9.98. The maximum absolute atomic E-state index is 13.6. The predicted molar refractivity (Wildman–Crippen MR) is 124 cm³/mol. The molecule has 2 aromatic carbocycles. The minimum absolute atomic E-state index is 0.150. The zero-order valence-corrected chi connectivity index (χ0v) is 19.4. The Kier molecular flexibility index (Phi) is 7.55. The number of para-hydroxylation sites is 1. The van der Waals surface area contributed by atoms with Crippen LogP contribution in [0.5, 0.6) is 0 Å². The van der Waals surface area contributed by atoms with Crippen molar-refractivity contribution in [2.45, 2.75) is 38.7 Å². The summed E-state index contributed by atoms with van der Waals surface area (Å²) in [5.74, 6) is -1.30. The van der Waals surface area contributed by atoms with Gasteiger partial charge >= 0.3 is 5.97 Å². The minimum atomic E-state index is -3.28. The van der Waals surface area contributed by atoms with Gasteiger partial charge in [0, 0.05) is 30.0 Å². The van der Waals surface area contributed by atoms with E-state index >= 15 is 0 Å². The highest BCUT2D eigenvalue weighted by Gasteiger charge is 2.29. The zero-order valence-electron chi connectivity index (χ0n) is 18.5. The number of benzene rings is 2. The third-order valence-corrected chi connectivity index (χ3v) is 8.15. The Morgan fingerprint density at radius 3 is 2.41 bits per heavy atom. The molecule has 8 heteroatoms. The lowest BCUT2D eigenvalue weighted by molar-refractivity contribution is -0.138. The largest absolute Gasteiger partial charge is 0.481 e. The molecule has 3 aromatic rings. The van der Waals surface area contributed by atoms with Gasteiger partial charge in [0.1, 0.15) is 5.82 Å². The first-order chi connectivity index (χ1) is 15.1. The van der Waals surface area contributed by atoms with Crippen LogP contribution in [-0.4, -0.2) is 46.3 Å². The van der Waals surface area contributed by atoms with E-state index in [4.69, 9.17) is 9.63 Å². The predicted octanol–water partition coefficient (Wildman–Crippen LogP) is 5.20. The second-order valence-electron chi connectivity index (χ2n) is 8.25. The quantitative estimate of drug-likeness (QED) is 0.406. The van der Waals surface area contributed by atoms with Crippen molar-refractivity contribution in [1.82, 2.24) is 4.57 Å². The number of aliphatic carboxylic acids is 1. The second-order valence-corrected chi connectivity index (χ2v) is 11.1. The van der Waals surface area contributed by atoms with E-state index in [1.54, 1.807) is 12.1 Å². The monoisotopic (exact) mass is 461 g/mol. The number of carboxylic acids is 1. The number of halogens is 1. The number of fused-ring (bicyclic) bond motifs is 1. The molecule has 32 heavy (non-hydrogen) atoms. The molecule has 0 aliphatic rings. The average molecular weight is 461 g/mol. The molecule has 6 nitrogen and oxygen atoms in total. The first-order valence-electron chi connectivity index (χ1n) is 10.6. The van der Waals surface area contributed by atoms with Crippen molar-refractivity contribution in [2.24, 2.45) is 0 Å². The molecule has 1 aromatic heterocycles. The molecule has 0 aliphatic carbocycles. The Labute approximate surface area is 187 Å². The maximum atomic E-state index is 13.6. The molecule has 2 atom stereocenters. The van der Waals surface area contributed by atoms with Crippen molar-refractivity contribution in [3.8, 4) is 5.69 Å². The fourth-order valence-corrected chi connectivity index (χ4v) is 6.05. The Morgan fingerprint density at radius 2 is 1.81 bits per heavy atom. The molecule has 2 N–H and O–H groups in total. The van der Waals surface area contributed by atoms with Gasteiger partial charge in [-0.25, -0.2) is 4.39 Å². The van der Waals surface area contributed by atoms with Crippen LogP contribution in [0.15, 0.2) is 48.5 Å². The molecular weight excluding hydrogens is 432 g/mol. The summed E-state index contributed by atoms with van der Waals surface area (Å²) in [4.78, 5) is 10.9. The number of hydrogen-bond acceptors (Lipinski definition) is 4. The molecule has 1 unspecified atom stereocenters. The summed E-state index contributed by atoms with van der Waals surface area (Å²) in [5, 5.41) is 20.0. The number of aliphatic hydroxyl groups excluding tert-OH is 1. The van der Waals surface area contributed by atoms with E-state index in [1.807, 2.05) is 24.3 Å². The van der Waals surface area contributed by atoms with E-state index in [1.165, 1.54) is 19.2 Å². The summed E-state index contributed by atoms with van der Waals surface area (Å²) in [5.41, 5.74) is 3.81. The van der Waals surface area contributed by atoms with Gasteiger partial charge in [0.05, 0.1) is 24.2 Å². The second kappa shape index (κ2) is 9.99. The molecule has 0 radical (unpaired) electrons. The molecule has 0 saturated heterocycles. The number of rotatable bonds is 10. The van der Waals surface area contributed by atoms with Crippen LogP contribution in [0.1, 0.15) is 37.4 Å². The fraction of sp³-hybridized carbons (Fsp3) is 0.375. The van der Waals surface area contributed by atoms with Gasteiger partial charge in [0.15, 0.2) is 0 Å². The Balaban J connectivity index is 2.05. The van der Waals surface area contributed by atoms with Gasteiger partial charge in [-0.3, -0.25) is 9.36 Å². The minimum Gasteiger partial charge on any atom is -0.481 e. The van der Waals surface area contributed by atoms with E-state index in [-0.39, 0.29) is 24.1 Å². The smallest absolute Gasteiger partial charge is 0.305 e. The van der Waals surface area contributed by atoms with Crippen molar-refractivity contribution in [1.29, 1.82) is 0 Å². The summed E-state index contributed by atoms with van der Waals surface area (Å²) in [7, 11) is -1.95. The topological polar surface area (TPSA) is 88.8 Å². The molecule has 0 saturated carbocycles.